The summed E-state index contributed by atoms with van der Waals surface area (Å²) in [5, 5.41) is 11.2. The van der Waals surface area contributed by atoms with Crippen LogP contribution < -0.4 is 11.1 Å². The van der Waals surface area contributed by atoms with Crippen molar-refractivity contribution < 1.29 is 19.5 Å². The highest BCUT2D eigenvalue weighted by Crippen LogP contribution is 2.12. The van der Waals surface area contributed by atoms with Crippen LogP contribution >= 0.6 is 0 Å². The van der Waals surface area contributed by atoms with E-state index in [4.69, 9.17) is 10.8 Å². The van der Waals surface area contributed by atoms with Crippen molar-refractivity contribution in [2.45, 2.75) is 40.2 Å². The number of aliphatic carboxylic acids is 1. The molecule has 0 bridgehead atoms. The van der Waals surface area contributed by atoms with Crippen LogP contribution in [0.4, 0.5) is 4.79 Å². The number of carbonyl (C=O) groups is 3. The molecule has 0 rings (SSSR count). The third-order valence-corrected chi connectivity index (χ3v) is 2.80. The number of hydrogen-bond donors (Lipinski definition) is 3. The van der Waals surface area contributed by atoms with Crippen molar-refractivity contribution in [2.75, 3.05) is 13.1 Å². The Morgan fingerprint density at radius 1 is 1.32 bits per heavy atom. The van der Waals surface area contributed by atoms with E-state index >= 15 is 0 Å². The number of rotatable bonds is 7. The number of carboxylic acids is 1. The average Bonchev–Trinajstić information content (AvgIpc) is 2.25. The Balaban J connectivity index is 4.49. The van der Waals surface area contributed by atoms with Crippen LogP contribution in [0.5, 0.6) is 0 Å². The fourth-order valence-corrected chi connectivity index (χ4v) is 1.30. The largest absolute Gasteiger partial charge is 0.481 e. The van der Waals surface area contributed by atoms with Crippen molar-refractivity contribution in [2.24, 2.45) is 11.1 Å². The van der Waals surface area contributed by atoms with Gasteiger partial charge in [-0.05, 0) is 27.7 Å². The Kier molecular flexibility index (Phi) is 6.31. The maximum Gasteiger partial charge on any atom is 0.317 e. The first-order chi connectivity index (χ1) is 8.58. The Morgan fingerprint density at radius 3 is 2.21 bits per heavy atom. The molecule has 0 aromatic rings. The van der Waals surface area contributed by atoms with E-state index in [1.54, 1.807) is 27.7 Å². The number of nitrogens with two attached hydrogens (primary N) is 1. The van der Waals surface area contributed by atoms with Crippen molar-refractivity contribution >= 4 is 17.9 Å². The number of carboxylic acid groups (broad SMARTS) is 1. The lowest BCUT2D eigenvalue weighted by Crippen LogP contribution is -2.49. The lowest BCUT2D eigenvalue weighted by molar-refractivity contribution is -0.137. The lowest BCUT2D eigenvalue weighted by atomic mass is 9.93. The number of hydrogen-bond acceptors (Lipinski definition) is 3. The average molecular weight is 273 g/mol. The van der Waals surface area contributed by atoms with Gasteiger partial charge < -0.3 is 21.1 Å². The second-order valence-electron chi connectivity index (χ2n) is 5.34. The van der Waals surface area contributed by atoms with Crippen molar-refractivity contribution in [1.29, 1.82) is 0 Å². The van der Waals surface area contributed by atoms with Crippen molar-refractivity contribution in [1.82, 2.24) is 10.2 Å². The SMILES string of the molecule is CC(C)N(CCC(=O)O)C(=O)NCC(C)(C)C(N)=O. The highest BCUT2D eigenvalue weighted by molar-refractivity contribution is 5.81. The highest BCUT2D eigenvalue weighted by Gasteiger charge is 2.27. The molecular formula is C12H23N3O4. The van der Waals surface area contributed by atoms with Gasteiger partial charge in [0, 0.05) is 19.1 Å². The van der Waals surface area contributed by atoms with Gasteiger partial charge >= 0.3 is 12.0 Å². The lowest BCUT2D eigenvalue weighted by Gasteiger charge is -2.28. The second-order valence-corrected chi connectivity index (χ2v) is 5.34. The number of urea groups is 1. The maximum absolute atomic E-state index is 11.9. The summed E-state index contributed by atoms with van der Waals surface area (Å²) in [7, 11) is 0. The number of primary amides is 1. The quantitative estimate of drug-likeness (QED) is 0.622. The zero-order valence-corrected chi connectivity index (χ0v) is 11.9. The summed E-state index contributed by atoms with van der Waals surface area (Å²) in [5.74, 6) is -1.47. The fourth-order valence-electron chi connectivity index (χ4n) is 1.30. The minimum absolute atomic E-state index is 0.109. The zero-order valence-electron chi connectivity index (χ0n) is 11.9. The van der Waals surface area contributed by atoms with Gasteiger partial charge in [-0.2, -0.15) is 0 Å². The van der Waals surface area contributed by atoms with Crippen molar-refractivity contribution in [3.05, 3.63) is 0 Å². The molecule has 0 aliphatic rings. The molecule has 0 unspecified atom stereocenters. The second kappa shape index (κ2) is 6.96. The summed E-state index contributed by atoms with van der Waals surface area (Å²) in [6, 6.07) is -0.526. The molecule has 0 saturated carbocycles. The first-order valence-corrected chi connectivity index (χ1v) is 6.14. The Morgan fingerprint density at radius 2 is 1.84 bits per heavy atom. The van der Waals surface area contributed by atoms with Crippen LogP contribution in [-0.2, 0) is 9.59 Å². The predicted molar refractivity (Wildman–Crippen MR) is 70.5 cm³/mol. The third kappa shape index (κ3) is 6.08. The van der Waals surface area contributed by atoms with Crippen LogP contribution in [0.1, 0.15) is 34.1 Å². The molecule has 0 heterocycles. The van der Waals surface area contributed by atoms with Gasteiger partial charge in [0.05, 0.1) is 11.8 Å². The molecule has 0 aromatic heterocycles. The molecule has 4 N–H and O–H groups in total. The molecule has 7 nitrogen and oxygen atoms in total. The number of amides is 3. The number of nitrogens with zero attached hydrogens (tertiary/aromatic N) is 1. The van der Waals surface area contributed by atoms with Gasteiger partial charge in [0.1, 0.15) is 0 Å². The van der Waals surface area contributed by atoms with Crippen LogP contribution in [0.3, 0.4) is 0 Å². The van der Waals surface area contributed by atoms with E-state index in [9.17, 15) is 14.4 Å². The maximum atomic E-state index is 11.9. The van der Waals surface area contributed by atoms with E-state index in [2.05, 4.69) is 5.32 Å². The van der Waals surface area contributed by atoms with Gasteiger partial charge in [0.2, 0.25) is 5.91 Å². The van der Waals surface area contributed by atoms with Gasteiger partial charge in [-0.3, -0.25) is 9.59 Å². The molecule has 0 spiro atoms. The monoisotopic (exact) mass is 273 g/mol. The Labute approximate surface area is 113 Å². The standard InChI is InChI=1S/C12H23N3O4/c1-8(2)15(6-5-9(16)17)11(19)14-7-12(3,4)10(13)18/h8H,5-7H2,1-4H3,(H2,13,18)(H,14,19)(H,16,17). The zero-order chi connectivity index (χ0) is 15.2. The van der Waals surface area contributed by atoms with Crippen LogP contribution in [0.25, 0.3) is 0 Å². The van der Waals surface area contributed by atoms with Crippen LogP contribution in [0.15, 0.2) is 0 Å². The predicted octanol–water partition coefficient (Wildman–Crippen LogP) is 0.393. The molecule has 0 fully saturated rings. The summed E-state index contributed by atoms with van der Waals surface area (Å²) >= 11 is 0. The summed E-state index contributed by atoms with van der Waals surface area (Å²) in [5.41, 5.74) is 4.37. The molecule has 0 aliphatic carbocycles. The number of carbonyl (C=O) groups excluding carboxylic acids is 2. The van der Waals surface area contributed by atoms with Crippen LogP contribution in [-0.4, -0.2) is 47.0 Å². The summed E-state index contributed by atoms with van der Waals surface area (Å²) in [6.45, 7) is 7.08. The summed E-state index contributed by atoms with van der Waals surface area (Å²) in [6.07, 6.45) is -0.120. The fraction of sp³-hybridized carbons (Fsp3) is 0.750. The molecule has 0 aliphatic heterocycles. The minimum Gasteiger partial charge on any atom is -0.481 e. The number of nitrogens with one attached hydrogen (secondary N) is 1. The molecule has 110 valence electrons. The Bertz CT molecular complexity index is 353. The van der Waals surface area contributed by atoms with E-state index in [0.29, 0.717) is 0 Å². The van der Waals surface area contributed by atoms with Crippen molar-refractivity contribution in [3.63, 3.8) is 0 Å². The third-order valence-electron chi connectivity index (χ3n) is 2.80. The molecule has 0 saturated heterocycles. The molecule has 19 heavy (non-hydrogen) atoms. The highest BCUT2D eigenvalue weighted by atomic mass is 16.4. The van der Waals surface area contributed by atoms with Crippen molar-refractivity contribution in [3.8, 4) is 0 Å². The first-order valence-electron chi connectivity index (χ1n) is 6.14. The summed E-state index contributed by atoms with van der Waals surface area (Å²) < 4.78 is 0. The van der Waals surface area contributed by atoms with E-state index in [1.807, 2.05) is 0 Å². The molecule has 3 amide bonds. The molecule has 0 atom stereocenters. The smallest absolute Gasteiger partial charge is 0.317 e. The van der Waals surface area contributed by atoms with Crippen LogP contribution in [0.2, 0.25) is 0 Å². The molecule has 0 radical (unpaired) electrons. The van der Waals surface area contributed by atoms with E-state index in [0.717, 1.165) is 0 Å². The summed E-state index contributed by atoms with van der Waals surface area (Å²) in [4.78, 5) is 35.0. The van der Waals surface area contributed by atoms with Gasteiger partial charge in [0.15, 0.2) is 0 Å². The van der Waals surface area contributed by atoms with E-state index in [1.165, 1.54) is 4.90 Å². The van der Waals surface area contributed by atoms with E-state index < -0.39 is 23.3 Å². The van der Waals surface area contributed by atoms with Gasteiger partial charge in [-0.1, -0.05) is 0 Å². The van der Waals surface area contributed by atoms with Gasteiger partial charge in [-0.15, -0.1) is 0 Å². The minimum atomic E-state index is -0.962. The van der Waals surface area contributed by atoms with E-state index in [-0.39, 0.29) is 25.6 Å². The van der Waals surface area contributed by atoms with Gasteiger partial charge in [-0.25, -0.2) is 4.79 Å². The molecule has 7 heteroatoms. The topological polar surface area (TPSA) is 113 Å². The normalized spacial score (nSPS) is 11.2. The first kappa shape index (κ1) is 17.2. The van der Waals surface area contributed by atoms with Crippen LogP contribution in [0, 0.1) is 5.41 Å². The molecular weight excluding hydrogens is 250 g/mol. The van der Waals surface area contributed by atoms with Gasteiger partial charge in [0.25, 0.3) is 0 Å². The molecule has 0 aromatic carbocycles. The Hall–Kier alpha value is -1.79.